The first kappa shape index (κ1) is 58.6. The molecule has 0 aromatic heterocycles. The standard InChI is InChI=1S/C11H10.C9H12.2C7H8.C3H4.3C2H3N.3C2H6/c1-9-5-4-7-10-6-2-3-8-11(9)10;1-7-4-8(2)6-9(3)5-7;2*1-7-5-3-2-4-6-7;1-3-2;3*1-2-3;3*1-2/h2-8H,1H3;4-6H,1-3H3;2*2-6H,1H3;1H,2H3;3*1H3;3*1-2H3. The predicted octanol–water partition coefficient (Wildman–Crippen LogP) is 15.1. The molecule has 0 N–H and O–H groups in total. The molecule has 52 heavy (non-hydrogen) atoms. The first-order valence-corrected chi connectivity index (χ1v) is 17.8. The smallest absolute Gasteiger partial charge is 0.0587 e. The van der Waals surface area contributed by atoms with Gasteiger partial charge in [0.15, 0.2) is 0 Å². The van der Waals surface area contributed by atoms with E-state index >= 15 is 0 Å². The summed E-state index contributed by atoms with van der Waals surface area (Å²) in [6, 6.07) is 47.2. The van der Waals surface area contributed by atoms with Crippen LogP contribution in [0.15, 0.2) is 121 Å². The second kappa shape index (κ2) is 49.8. The maximum absolute atomic E-state index is 7.32. The SMILES string of the molecule is C#CC.CC.CC.CC.CC#N.CC#N.CC#N.Cc1cc(C)cc(C)c1.Cc1cccc2ccccc12.Cc1ccccc1.Cc1ccccc1. The zero-order chi connectivity index (χ0) is 41.6. The lowest BCUT2D eigenvalue weighted by atomic mass is 10.1. The van der Waals surface area contributed by atoms with Gasteiger partial charge in [0, 0.05) is 20.8 Å². The van der Waals surface area contributed by atoms with Gasteiger partial charge in [-0.3, -0.25) is 0 Å². The van der Waals surface area contributed by atoms with Crippen LogP contribution in [0.4, 0.5) is 0 Å². The Morgan fingerprint density at radius 3 is 0.885 bits per heavy atom. The molecule has 3 nitrogen and oxygen atoms in total. The number of fused-ring (bicyclic) bond motifs is 1. The van der Waals surface area contributed by atoms with Crippen molar-refractivity contribution in [1.29, 1.82) is 15.8 Å². The second-order valence-electron chi connectivity index (χ2n) is 9.73. The van der Waals surface area contributed by atoms with Crippen LogP contribution in [0.3, 0.4) is 0 Å². The molecule has 5 aromatic carbocycles. The third-order valence-electron chi connectivity index (χ3n) is 5.25. The lowest BCUT2D eigenvalue weighted by Gasteiger charge is -1.98. The fraction of sp³-hybridized carbons (Fsp3) is 0.327. The molecular weight excluding hydrogens is 631 g/mol. The quantitative estimate of drug-likeness (QED) is 0.151. The summed E-state index contributed by atoms with van der Waals surface area (Å²) in [7, 11) is 0. The van der Waals surface area contributed by atoms with E-state index in [1.54, 1.807) is 25.1 Å². The van der Waals surface area contributed by atoms with Crippen LogP contribution < -0.4 is 0 Å². The number of terminal acetylenes is 1. The van der Waals surface area contributed by atoms with Crippen molar-refractivity contribution in [3.05, 3.63) is 155 Å². The molecule has 0 spiro atoms. The van der Waals surface area contributed by atoms with E-state index in [0.717, 1.165) is 0 Å². The van der Waals surface area contributed by atoms with E-state index in [2.05, 4.69) is 139 Å². The average Bonchev–Trinajstić information content (AvgIpc) is 3.14. The molecule has 0 saturated heterocycles. The molecule has 0 aliphatic rings. The summed E-state index contributed by atoms with van der Waals surface area (Å²) < 4.78 is 0. The molecule has 0 aliphatic heterocycles. The molecule has 3 heteroatoms. The van der Waals surface area contributed by atoms with E-state index in [9.17, 15) is 0 Å². The van der Waals surface area contributed by atoms with E-state index in [4.69, 9.17) is 15.8 Å². The molecule has 0 radical (unpaired) electrons. The molecule has 0 unspecified atom stereocenters. The fourth-order valence-electron chi connectivity index (χ4n) is 3.66. The van der Waals surface area contributed by atoms with Gasteiger partial charge in [-0.2, -0.15) is 15.8 Å². The van der Waals surface area contributed by atoms with Gasteiger partial charge >= 0.3 is 0 Å². The topological polar surface area (TPSA) is 71.4 Å². The molecule has 5 rings (SSSR count). The van der Waals surface area contributed by atoms with Crippen molar-refractivity contribution >= 4 is 10.8 Å². The average molecular weight is 700 g/mol. The van der Waals surface area contributed by atoms with Crippen LogP contribution in [0.2, 0.25) is 0 Å². The summed E-state index contributed by atoms with van der Waals surface area (Å²) in [6.07, 6.45) is 4.60. The number of nitrogens with zero attached hydrogens (tertiary/aromatic N) is 3. The summed E-state index contributed by atoms with van der Waals surface area (Å²) in [5, 5.41) is 24.6. The molecule has 0 aliphatic carbocycles. The molecule has 0 bridgehead atoms. The van der Waals surface area contributed by atoms with Crippen LogP contribution in [0, 0.1) is 87.9 Å². The highest BCUT2D eigenvalue weighted by Gasteiger charge is 1.92. The Balaban J connectivity index is -0.000000119. The number of benzene rings is 5. The van der Waals surface area contributed by atoms with Gasteiger partial charge in [0.2, 0.25) is 0 Å². The van der Waals surface area contributed by atoms with Gasteiger partial charge in [0.1, 0.15) is 0 Å². The molecule has 0 heterocycles. The van der Waals surface area contributed by atoms with Gasteiger partial charge in [-0.1, -0.05) is 191 Å². The van der Waals surface area contributed by atoms with Crippen LogP contribution in [-0.2, 0) is 0 Å². The van der Waals surface area contributed by atoms with Crippen molar-refractivity contribution < 1.29 is 0 Å². The van der Waals surface area contributed by atoms with Crippen LogP contribution in [0.5, 0.6) is 0 Å². The van der Waals surface area contributed by atoms with Crippen molar-refractivity contribution in [2.24, 2.45) is 0 Å². The van der Waals surface area contributed by atoms with Gasteiger partial charge in [-0.05, 0) is 64.8 Å². The molecule has 0 amide bonds. The van der Waals surface area contributed by atoms with E-state index in [1.165, 1.54) is 64.9 Å². The van der Waals surface area contributed by atoms with E-state index in [1.807, 2.05) is 77.9 Å². The van der Waals surface area contributed by atoms with Crippen LogP contribution in [-0.4, -0.2) is 0 Å². The summed E-state index contributed by atoms with van der Waals surface area (Å²) in [5.74, 6) is 2.25. The number of hydrogen-bond acceptors (Lipinski definition) is 3. The van der Waals surface area contributed by atoms with Crippen molar-refractivity contribution in [2.75, 3.05) is 0 Å². The molecule has 280 valence electrons. The second-order valence-corrected chi connectivity index (χ2v) is 9.73. The Hall–Kier alpha value is -5.61. The number of rotatable bonds is 0. The number of aryl methyl sites for hydroxylation is 6. The normalized spacial score (nSPS) is 7.15. The maximum atomic E-state index is 7.32. The third-order valence-corrected chi connectivity index (χ3v) is 5.25. The minimum atomic E-state index is 1.32. The van der Waals surface area contributed by atoms with Gasteiger partial charge in [-0.15, -0.1) is 12.3 Å². The van der Waals surface area contributed by atoms with Gasteiger partial charge in [-0.25, -0.2) is 0 Å². The fourth-order valence-corrected chi connectivity index (χ4v) is 3.66. The molecule has 0 saturated carbocycles. The lowest BCUT2D eigenvalue weighted by molar-refractivity contribution is 1.32. The van der Waals surface area contributed by atoms with Crippen molar-refractivity contribution in [1.82, 2.24) is 0 Å². The van der Waals surface area contributed by atoms with Crippen LogP contribution >= 0.6 is 0 Å². The lowest BCUT2D eigenvalue weighted by Crippen LogP contribution is -1.78. The Labute approximate surface area is 321 Å². The van der Waals surface area contributed by atoms with Crippen LogP contribution in [0.1, 0.15) is 103 Å². The van der Waals surface area contributed by atoms with Crippen molar-refractivity contribution in [3.63, 3.8) is 0 Å². The van der Waals surface area contributed by atoms with E-state index < -0.39 is 0 Å². The predicted molar refractivity (Wildman–Crippen MR) is 234 cm³/mol. The Morgan fingerprint density at radius 2 is 0.635 bits per heavy atom. The Bertz CT molecular complexity index is 1470. The highest BCUT2D eigenvalue weighted by Crippen LogP contribution is 2.16. The van der Waals surface area contributed by atoms with E-state index in [0.29, 0.717) is 0 Å². The first-order valence-electron chi connectivity index (χ1n) is 17.8. The Morgan fingerprint density at radius 1 is 0.385 bits per heavy atom. The zero-order valence-corrected chi connectivity index (χ0v) is 35.5. The zero-order valence-electron chi connectivity index (χ0n) is 35.5. The van der Waals surface area contributed by atoms with E-state index in [-0.39, 0.29) is 0 Å². The van der Waals surface area contributed by atoms with Crippen molar-refractivity contribution in [3.8, 4) is 30.6 Å². The largest absolute Gasteiger partial charge is 0.199 e. The van der Waals surface area contributed by atoms with Gasteiger partial charge in [0.25, 0.3) is 0 Å². The molecular formula is C49H69N3. The van der Waals surface area contributed by atoms with Crippen LogP contribution in [0.25, 0.3) is 10.8 Å². The highest BCUT2D eigenvalue weighted by molar-refractivity contribution is 5.85. The molecule has 5 aromatic rings. The van der Waals surface area contributed by atoms with Gasteiger partial charge in [0.05, 0.1) is 18.2 Å². The minimum absolute atomic E-state index is 1.32. The van der Waals surface area contributed by atoms with Crippen molar-refractivity contribution in [2.45, 2.75) is 111 Å². The third kappa shape index (κ3) is 44.4. The summed E-state index contributed by atoms with van der Waals surface area (Å²) in [6.45, 7) is 30.6. The molecule has 0 fully saturated rings. The summed E-state index contributed by atoms with van der Waals surface area (Å²) in [5.41, 5.74) is 8.06. The first-order chi connectivity index (χ1) is 25.0. The van der Waals surface area contributed by atoms with Gasteiger partial charge < -0.3 is 0 Å². The maximum Gasteiger partial charge on any atom is 0.0587 e. The highest BCUT2D eigenvalue weighted by atomic mass is 14.2. The summed E-state index contributed by atoms with van der Waals surface area (Å²) >= 11 is 0. The molecule has 0 atom stereocenters. The minimum Gasteiger partial charge on any atom is -0.199 e. The number of hydrogen-bond donors (Lipinski definition) is 0. The monoisotopic (exact) mass is 700 g/mol. The summed E-state index contributed by atoms with van der Waals surface area (Å²) in [4.78, 5) is 0. The Kier molecular flexibility index (Phi) is 56.1. The number of nitriles is 3.